The molecule has 0 aliphatic heterocycles. The summed E-state index contributed by atoms with van der Waals surface area (Å²) in [6.45, 7) is 0.243. The van der Waals surface area contributed by atoms with Gasteiger partial charge in [0, 0.05) is 11.3 Å². The number of carbonyl (C=O) groups is 1. The molecule has 0 radical (unpaired) electrons. The summed E-state index contributed by atoms with van der Waals surface area (Å²) in [5, 5.41) is 2.54. The second kappa shape index (κ2) is 6.86. The number of anilines is 1. The minimum Gasteiger partial charge on any atom is -0.389 e. The maximum Gasteiger partial charge on any atom is 0.401 e. The molecule has 4 nitrogen and oxygen atoms in total. The van der Waals surface area contributed by atoms with E-state index < -0.39 is 24.7 Å². The molecule has 1 aromatic carbocycles. The van der Waals surface area contributed by atoms with Crippen LogP contribution in [0.1, 0.15) is 12.5 Å². The number of alkyl halides is 3. The van der Waals surface area contributed by atoms with Gasteiger partial charge in [-0.2, -0.15) is 13.2 Å². The Bertz CT molecular complexity index is 534. The van der Waals surface area contributed by atoms with Gasteiger partial charge in [0.05, 0.1) is 12.6 Å². The summed E-state index contributed by atoms with van der Waals surface area (Å²) in [5.41, 5.74) is 6.47. The fourth-order valence-corrected chi connectivity index (χ4v) is 1.74. The van der Waals surface area contributed by atoms with Gasteiger partial charge in [-0.05, 0) is 26.1 Å². The number of carbonyl (C=O) groups excluding carboxylic acids is 1. The lowest BCUT2D eigenvalue weighted by Crippen LogP contribution is -2.44. The molecule has 0 spiro atoms. The molecule has 1 atom stereocenters. The average Bonchev–Trinajstić information content (AvgIpc) is 2.36. The smallest absolute Gasteiger partial charge is 0.389 e. The van der Waals surface area contributed by atoms with E-state index in [9.17, 15) is 18.0 Å². The molecule has 21 heavy (non-hydrogen) atoms. The van der Waals surface area contributed by atoms with Crippen LogP contribution < -0.4 is 11.1 Å². The van der Waals surface area contributed by atoms with Crippen molar-refractivity contribution in [2.24, 2.45) is 5.73 Å². The number of likely N-dealkylation sites (N-methyl/N-ethyl adjacent to an activating group) is 1. The Kier molecular flexibility index (Phi) is 5.68. The van der Waals surface area contributed by atoms with E-state index in [0.717, 1.165) is 4.90 Å². The van der Waals surface area contributed by atoms with Crippen molar-refractivity contribution in [1.82, 2.24) is 4.90 Å². The van der Waals surface area contributed by atoms with Crippen LogP contribution in [0.3, 0.4) is 0 Å². The van der Waals surface area contributed by atoms with E-state index in [1.807, 2.05) is 0 Å². The zero-order chi connectivity index (χ0) is 16.2. The Morgan fingerprint density at radius 2 is 2.10 bits per heavy atom. The van der Waals surface area contributed by atoms with Crippen LogP contribution in [0.4, 0.5) is 18.9 Å². The molecule has 0 saturated heterocycles. The van der Waals surface area contributed by atoms with Crippen LogP contribution in [0.25, 0.3) is 0 Å². The number of halogens is 3. The average molecular weight is 319 g/mol. The highest BCUT2D eigenvalue weighted by atomic mass is 32.1. The molecule has 3 N–H and O–H groups in total. The Morgan fingerprint density at radius 1 is 1.48 bits per heavy atom. The zero-order valence-corrected chi connectivity index (χ0v) is 12.4. The van der Waals surface area contributed by atoms with Gasteiger partial charge in [0.25, 0.3) is 0 Å². The molecule has 0 aromatic heterocycles. The number of amides is 1. The number of thiocarbonyl (C=S) groups is 1. The molecule has 0 heterocycles. The lowest BCUT2D eigenvalue weighted by Gasteiger charge is -2.24. The highest BCUT2D eigenvalue weighted by molar-refractivity contribution is 7.80. The topological polar surface area (TPSA) is 58.4 Å². The predicted octanol–water partition coefficient (Wildman–Crippen LogP) is 2.14. The fourth-order valence-electron chi connectivity index (χ4n) is 1.62. The van der Waals surface area contributed by atoms with Crippen LogP contribution in [-0.2, 0) is 4.79 Å². The summed E-state index contributed by atoms with van der Waals surface area (Å²) in [4.78, 5) is 13.0. The molecular formula is C13H16F3N3OS. The fraction of sp³-hybridized carbons (Fsp3) is 0.385. The molecule has 0 fully saturated rings. The van der Waals surface area contributed by atoms with Crippen LogP contribution in [0.2, 0.25) is 0 Å². The van der Waals surface area contributed by atoms with Gasteiger partial charge in [-0.3, -0.25) is 9.69 Å². The Hall–Kier alpha value is -1.67. The van der Waals surface area contributed by atoms with E-state index in [0.29, 0.717) is 11.3 Å². The van der Waals surface area contributed by atoms with Crippen LogP contribution in [0, 0.1) is 0 Å². The molecule has 1 unspecified atom stereocenters. The SMILES string of the molecule is CC(C(=O)Nc1cccc(C(N)=S)c1)N(C)CC(F)(F)F. The second-order valence-electron chi connectivity index (χ2n) is 4.64. The highest BCUT2D eigenvalue weighted by Gasteiger charge is 2.32. The van der Waals surface area contributed by atoms with E-state index in [1.54, 1.807) is 24.3 Å². The van der Waals surface area contributed by atoms with Crippen molar-refractivity contribution < 1.29 is 18.0 Å². The van der Waals surface area contributed by atoms with E-state index in [4.69, 9.17) is 18.0 Å². The monoisotopic (exact) mass is 319 g/mol. The van der Waals surface area contributed by atoms with Crippen molar-refractivity contribution in [3.8, 4) is 0 Å². The molecule has 0 aliphatic carbocycles. The van der Waals surface area contributed by atoms with Crippen molar-refractivity contribution in [2.75, 3.05) is 18.9 Å². The summed E-state index contributed by atoms with van der Waals surface area (Å²) in [6, 6.07) is 5.57. The van der Waals surface area contributed by atoms with Gasteiger partial charge < -0.3 is 11.1 Å². The van der Waals surface area contributed by atoms with Crippen molar-refractivity contribution in [2.45, 2.75) is 19.1 Å². The van der Waals surface area contributed by atoms with E-state index in [1.165, 1.54) is 14.0 Å². The number of hydrogen-bond acceptors (Lipinski definition) is 3. The first-order valence-corrected chi connectivity index (χ1v) is 6.48. The quantitative estimate of drug-likeness (QED) is 0.817. The van der Waals surface area contributed by atoms with Crippen molar-refractivity contribution in [3.05, 3.63) is 29.8 Å². The molecule has 1 aromatic rings. The highest BCUT2D eigenvalue weighted by Crippen LogP contribution is 2.17. The zero-order valence-electron chi connectivity index (χ0n) is 11.6. The summed E-state index contributed by atoms with van der Waals surface area (Å²) in [5.74, 6) is -0.540. The number of rotatable bonds is 5. The largest absolute Gasteiger partial charge is 0.401 e. The minimum atomic E-state index is -4.35. The van der Waals surface area contributed by atoms with Crippen LogP contribution in [-0.4, -0.2) is 41.6 Å². The van der Waals surface area contributed by atoms with Crippen LogP contribution in [0.5, 0.6) is 0 Å². The first-order chi connectivity index (χ1) is 9.60. The van der Waals surface area contributed by atoms with Gasteiger partial charge in [0.2, 0.25) is 5.91 Å². The molecule has 0 bridgehead atoms. The maximum absolute atomic E-state index is 12.3. The Morgan fingerprint density at radius 3 is 2.62 bits per heavy atom. The standard InChI is InChI=1S/C13H16F3N3OS/c1-8(19(2)7-13(14,15)16)12(20)18-10-5-3-4-9(6-10)11(17)21/h3-6,8H,7H2,1-2H3,(H2,17,21)(H,18,20). The van der Waals surface area contributed by atoms with E-state index >= 15 is 0 Å². The van der Waals surface area contributed by atoms with Gasteiger partial charge in [-0.25, -0.2) is 0 Å². The first kappa shape index (κ1) is 17.4. The summed E-state index contributed by atoms with van der Waals surface area (Å²) < 4.78 is 36.9. The summed E-state index contributed by atoms with van der Waals surface area (Å²) in [6.07, 6.45) is -4.35. The third-order valence-corrected chi connectivity index (χ3v) is 3.12. The molecule has 0 aliphatic rings. The van der Waals surface area contributed by atoms with Gasteiger partial charge >= 0.3 is 6.18 Å². The molecule has 0 saturated carbocycles. The Balaban J connectivity index is 2.72. The number of hydrogen-bond donors (Lipinski definition) is 2. The summed E-state index contributed by atoms with van der Waals surface area (Å²) >= 11 is 4.82. The van der Waals surface area contributed by atoms with Gasteiger partial charge in [-0.15, -0.1) is 0 Å². The van der Waals surface area contributed by atoms with E-state index in [-0.39, 0.29) is 4.99 Å². The van der Waals surface area contributed by atoms with Crippen LogP contribution in [0.15, 0.2) is 24.3 Å². The van der Waals surface area contributed by atoms with Crippen molar-refractivity contribution in [3.63, 3.8) is 0 Å². The molecular weight excluding hydrogens is 303 g/mol. The Labute approximate surface area is 126 Å². The summed E-state index contributed by atoms with van der Waals surface area (Å²) in [7, 11) is 1.24. The second-order valence-corrected chi connectivity index (χ2v) is 5.08. The molecule has 1 amide bonds. The minimum absolute atomic E-state index is 0.174. The lowest BCUT2D eigenvalue weighted by atomic mass is 10.2. The number of benzene rings is 1. The third-order valence-electron chi connectivity index (χ3n) is 2.88. The normalized spacial score (nSPS) is 13.0. The van der Waals surface area contributed by atoms with Gasteiger partial charge in [0.15, 0.2) is 0 Å². The van der Waals surface area contributed by atoms with E-state index in [2.05, 4.69) is 5.32 Å². The molecule has 116 valence electrons. The first-order valence-electron chi connectivity index (χ1n) is 6.08. The molecule has 8 heteroatoms. The number of nitrogens with two attached hydrogens (primary N) is 1. The third kappa shape index (κ3) is 5.68. The van der Waals surface area contributed by atoms with Crippen molar-refractivity contribution in [1.29, 1.82) is 0 Å². The number of nitrogens with one attached hydrogen (secondary N) is 1. The van der Waals surface area contributed by atoms with Gasteiger partial charge in [-0.1, -0.05) is 24.4 Å². The predicted molar refractivity (Wildman–Crippen MR) is 79.1 cm³/mol. The van der Waals surface area contributed by atoms with Crippen molar-refractivity contribution >= 4 is 28.8 Å². The van der Waals surface area contributed by atoms with Crippen LogP contribution >= 0.6 is 12.2 Å². The lowest BCUT2D eigenvalue weighted by molar-refractivity contribution is -0.149. The molecule has 1 rings (SSSR count). The maximum atomic E-state index is 12.3. The number of nitrogens with zero attached hydrogens (tertiary/aromatic N) is 1. The van der Waals surface area contributed by atoms with Gasteiger partial charge in [0.1, 0.15) is 4.99 Å².